The maximum atomic E-state index is 11.3. The molecule has 1 atom stereocenters. The monoisotopic (exact) mass is 460 g/mol. The molecular weight excluding hydrogens is 432 g/mol. The van der Waals surface area contributed by atoms with Crippen molar-refractivity contribution in [3.05, 3.63) is 60.2 Å². The van der Waals surface area contributed by atoms with Crippen LogP contribution in [0.5, 0.6) is 17.4 Å². The molecular formula is C26H28N4O4. The molecule has 0 aliphatic carbocycles. The molecule has 0 bridgehead atoms. The van der Waals surface area contributed by atoms with Gasteiger partial charge in [0.05, 0.1) is 12.8 Å². The van der Waals surface area contributed by atoms with Crippen molar-refractivity contribution in [3.8, 4) is 28.6 Å². The predicted octanol–water partition coefficient (Wildman–Crippen LogP) is 3.50. The van der Waals surface area contributed by atoms with Gasteiger partial charge in [-0.25, -0.2) is 4.98 Å². The number of fused-ring (bicyclic) bond motifs is 1. The second-order valence-corrected chi connectivity index (χ2v) is 8.41. The minimum atomic E-state index is 0.144. The Morgan fingerprint density at radius 2 is 1.94 bits per heavy atom. The Morgan fingerprint density at radius 1 is 1.09 bits per heavy atom. The van der Waals surface area contributed by atoms with Crippen molar-refractivity contribution in [1.29, 1.82) is 0 Å². The number of pyridine rings is 1. The summed E-state index contributed by atoms with van der Waals surface area (Å²) in [5, 5.41) is 9.69. The fourth-order valence-corrected chi connectivity index (χ4v) is 4.21. The highest BCUT2D eigenvalue weighted by atomic mass is 16.6. The molecule has 3 N–H and O–H groups in total. The van der Waals surface area contributed by atoms with E-state index in [0.717, 1.165) is 48.0 Å². The van der Waals surface area contributed by atoms with E-state index in [2.05, 4.69) is 28.1 Å². The molecule has 2 aliphatic rings. The third-order valence-electron chi connectivity index (χ3n) is 5.95. The molecule has 8 nitrogen and oxygen atoms in total. The van der Waals surface area contributed by atoms with Gasteiger partial charge in [0.1, 0.15) is 18.9 Å². The van der Waals surface area contributed by atoms with Gasteiger partial charge in [-0.3, -0.25) is 4.79 Å². The number of rotatable bonds is 8. The smallest absolute Gasteiger partial charge is 0.238 e. The van der Waals surface area contributed by atoms with Crippen LogP contribution in [0.3, 0.4) is 0 Å². The van der Waals surface area contributed by atoms with Crippen LogP contribution >= 0.6 is 0 Å². The van der Waals surface area contributed by atoms with Crippen LogP contribution in [-0.4, -0.2) is 44.3 Å². The van der Waals surface area contributed by atoms with E-state index < -0.39 is 0 Å². The molecule has 1 aromatic heterocycles. The SMILES string of the molecule is COc1nc(-c2cccc3c2OCCO3)ccc1Nc1ccc(CNCC2CNC(=O)C2)cc1. The maximum Gasteiger partial charge on any atom is 0.238 e. The minimum Gasteiger partial charge on any atom is -0.486 e. The van der Waals surface area contributed by atoms with E-state index in [1.54, 1.807) is 7.11 Å². The summed E-state index contributed by atoms with van der Waals surface area (Å²) in [7, 11) is 1.61. The summed E-state index contributed by atoms with van der Waals surface area (Å²) in [5.74, 6) is 2.46. The lowest BCUT2D eigenvalue weighted by molar-refractivity contribution is -0.119. The molecule has 1 fully saturated rings. The van der Waals surface area contributed by atoms with Crippen molar-refractivity contribution >= 4 is 17.3 Å². The Hall–Kier alpha value is -3.78. The van der Waals surface area contributed by atoms with Crippen LogP contribution < -0.4 is 30.2 Å². The normalized spacial score (nSPS) is 16.7. The quantitative estimate of drug-likeness (QED) is 0.474. The van der Waals surface area contributed by atoms with Gasteiger partial charge in [0.2, 0.25) is 11.8 Å². The molecule has 1 unspecified atom stereocenters. The van der Waals surface area contributed by atoms with Crippen molar-refractivity contribution in [1.82, 2.24) is 15.6 Å². The van der Waals surface area contributed by atoms with Crippen LogP contribution in [0.1, 0.15) is 12.0 Å². The first-order chi connectivity index (χ1) is 16.7. The highest BCUT2D eigenvalue weighted by Crippen LogP contribution is 2.40. The molecule has 8 heteroatoms. The molecule has 1 saturated heterocycles. The van der Waals surface area contributed by atoms with E-state index in [1.807, 2.05) is 42.5 Å². The van der Waals surface area contributed by atoms with Gasteiger partial charge in [-0.15, -0.1) is 0 Å². The topological polar surface area (TPSA) is 93.7 Å². The van der Waals surface area contributed by atoms with Crippen LogP contribution in [0, 0.1) is 5.92 Å². The lowest BCUT2D eigenvalue weighted by Gasteiger charge is -2.21. The Kier molecular flexibility index (Phi) is 6.49. The van der Waals surface area contributed by atoms with E-state index in [-0.39, 0.29) is 5.91 Å². The number of nitrogens with zero attached hydrogens (tertiary/aromatic N) is 1. The molecule has 5 rings (SSSR count). The number of benzene rings is 2. The van der Waals surface area contributed by atoms with Gasteiger partial charge >= 0.3 is 0 Å². The summed E-state index contributed by atoms with van der Waals surface area (Å²) in [6.45, 7) is 3.41. The van der Waals surface area contributed by atoms with Gasteiger partial charge in [-0.1, -0.05) is 18.2 Å². The summed E-state index contributed by atoms with van der Waals surface area (Å²) in [4.78, 5) is 16.0. The van der Waals surface area contributed by atoms with Gasteiger partial charge in [0.25, 0.3) is 0 Å². The molecule has 0 spiro atoms. The molecule has 3 aromatic rings. The summed E-state index contributed by atoms with van der Waals surface area (Å²) in [6, 6.07) is 17.9. The van der Waals surface area contributed by atoms with E-state index in [4.69, 9.17) is 19.2 Å². The van der Waals surface area contributed by atoms with Gasteiger partial charge in [0.15, 0.2) is 11.5 Å². The Bertz CT molecular complexity index is 1170. The maximum absolute atomic E-state index is 11.3. The highest BCUT2D eigenvalue weighted by molar-refractivity contribution is 5.78. The van der Waals surface area contributed by atoms with Gasteiger partial charge in [0, 0.05) is 37.3 Å². The number of para-hydroxylation sites is 1. The van der Waals surface area contributed by atoms with Crippen LogP contribution in [0.4, 0.5) is 11.4 Å². The molecule has 1 amide bonds. The number of ether oxygens (including phenoxy) is 3. The molecule has 176 valence electrons. The van der Waals surface area contributed by atoms with Crippen molar-refractivity contribution in [2.24, 2.45) is 5.92 Å². The first-order valence-electron chi connectivity index (χ1n) is 11.5. The van der Waals surface area contributed by atoms with Crippen LogP contribution in [0.2, 0.25) is 0 Å². The lowest BCUT2D eigenvalue weighted by Crippen LogP contribution is -2.24. The first-order valence-corrected chi connectivity index (χ1v) is 11.5. The molecule has 34 heavy (non-hydrogen) atoms. The van der Waals surface area contributed by atoms with Gasteiger partial charge < -0.3 is 30.2 Å². The van der Waals surface area contributed by atoms with E-state index in [9.17, 15) is 4.79 Å². The Morgan fingerprint density at radius 3 is 2.74 bits per heavy atom. The molecule has 2 aliphatic heterocycles. The fourth-order valence-electron chi connectivity index (χ4n) is 4.21. The third kappa shape index (κ3) is 4.92. The lowest BCUT2D eigenvalue weighted by atomic mass is 10.1. The predicted molar refractivity (Wildman–Crippen MR) is 130 cm³/mol. The van der Waals surface area contributed by atoms with Crippen molar-refractivity contribution < 1.29 is 19.0 Å². The number of carbonyl (C=O) groups excluding carboxylic acids is 1. The zero-order chi connectivity index (χ0) is 23.3. The largest absolute Gasteiger partial charge is 0.486 e. The number of anilines is 2. The summed E-state index contributed by atoms with van der Waals surface area (Å²) >= 11 is 0. The Balaban J connectivity index is 1.24. The third-order valence-corrected chi connectivity index (χ3v) is 5.95. The first kappa shape index (κ1) is 22.0. The molecule has 0 saturated carbocycles. The van der Waals surface area contributed by atoms with Crippen molar-refractivity contribution in [3.63, 3.8) is 0 Å². The van der Waals surface area contributed by atoms with Gasteiger partial charge in [-0.05, 0) is 47.9 Å². The second-order valence-electron chi connectivity index (χ2n) is 8.41. The van der Waals surface area contributed by atoms with Crippen LogP contribution in [0.15, 0.2) is 54.6 Å². The number of methoxy groups -OCH3 is 1. The Labute approximate surface area is 198 Å². The number of hydrogen-bond acceptors (Lipinski definition) is 7. The van der Waals surface area contributed by atoms with Crippen molar-refractivity contribution in [2.45, 2.75) is 13.0 Å². The highest BCUT2D eigenvalue weighted by Gasteiger charge is 2.21. The summed E-state index contributed by atoms with van der Waals surface area (Å²) in [6.07, 6.45) is 0.609. The molecule has 0 radical (unpaired) electrons. The zero-order valence-electron chi connectivity index (χ0n) is 19.1. The number of carbonyl (C=O) groups is 1. The molecule has 2 aromatic carbocycles. The average molecular weight is 461 g/mol. The summed E-state index contributed by atoms with van der Waals surface area (Å²) in [5.41, 5.74) is 4.52. The average Bonchev–Trinajstić information content (AvgIpc) is 3.30. The van der Waals surface area contributed by atoms with Crippen LogP contribution in [-0.2, 0) is 11.3 Å². The van der Waals surface area contributed by atoms with E-state index >= 15 is 0 Å². The van der Waals surface area contributed by atoms with Gasteiger partial charge in [-0.2, -0.15) is 0 Å². The van der Waals surface area contributed by atoms with E-state index in [1.165, 1.54) is 5.56 Å². The standard InChI is InChI=1S/C26H28N4O4/c1-32-26-22(10-9-21(30-26)20-3-2-4-23-25(20)34-12-11-33-23)29-19-7-5-17(6-8-19)14-27-15-18-13-24(31)28-16-18/h2-10,18,27,29H,11-16H2,1H3,(H,28,31). The second kappa shape index (κ2) is 10.0. The number of hydrogen-bond donors (Lipinski definition) is 3. The van der Waals surface area contributed by atoms with Crippen molar-refractivity contribution in [2.75, 3.05) is 38.7 Å². The number of aromatic nitrogens is 1. The number of nitrogens with one attached hydrogen (secondary N) is 3. The number of amides is 1. The fraction of sp³-hybridized carbons (Fsp3) is 0.308. The zero-order valence-corrected chi connectivity index (χ0v) is 19.1. The van der Waals surface area contributed by atoms with E-state index in [0.29, 0.717) is 37.2 Å². The summed E-state index contributed by atoms with van der Waals surface area (Å²) < 4.78 is 17.1. The molecule has 3 heterocycles. The minimum absolute atomic E-state index is 0.144. The van der Waals surface area contributed by atoms with Crippen LogP contribution in [0.25, 0.3) is 11.3 Å².